The van der Waals surface area contributed by atoms with E-state index in [9.17, 15) is 9.90 Å². The Labute approximate surface area is 85.6 Å². The lowest BCUT2D eigenvalue weighted by molar-refractivity contribution is -0.123. The van der Waals surface area contributed by atoms with Crippen LogP contribution in [0.4, 0.5) is 5.69 Å². The molecule has 2 aromatic rings. The topological polar surface area (TPSA) is 62.2 Å². The molecule has 74 valence electrons. The second-order valence-electron chi connectivity index (χ2n) is 3.49. The fraction of sp³-hybridized carbons (Fsp3) is 0.0909. The minimum Gasteiger partial charge on any atom is -0.378 e. The van der Waals surface area contributed by atoms with Crippen LogP contribution in [-0.2, 0) is 4.79 Å². The first-order valence-electron chi connectivity index (χ1n) is 4.64. The predicted molar refractivity (Wildman–Crippen MR) is 55.3 cm³/mol. The highest BCUT2D eigenvalue weighted by Crippen LogP contribution is 2.35. The van der Waals surface area contributed by atoms with E-state index < -0.39 is 6.10 Å². The number of benzene rings is 1. The van der Waals surface area contributed by atoms with Gasteiger partial charge in [-0.25, -0.2) is 0 Å². The molecule has 1 aliphatic heterocycles. The Hall–Kier alpha value is -1.94. The highest BCUT2D eigenvalue weighted by Gasteiger charge is 2.29. The third kappa shape index (κ3) is 1.05. The quantitative estimate of drug-likeness (QED) is 0.672. The van der Waals surface area contributed by atoms with Crippen molar-refractivity contribution in [1.29, 1.82) is 0 Å². The van der Waals surface area contributed by atoms with Gasteiger partial charge in [0.25, 0.3) is 5.91 Å². The minimum atomic E-state index is -1.05. The molecular formula is C11H8N2O2. The highest BCUT2D eigenvalue weighted by molar-refractivity contribution is 6.09. The van der Waals surface area contributed by atoms with Gasteiger partial charge in [0, 0.05) is 17.1 Å². The van der Waals surface area contributed by atoms with Crippen LogP contribution < -0.4 is 5.32 Å². The number of hydrogen-bond donors (Lipinski definition) is 2. The van der Waals surface area contributed by atoms with E-state index in [2.05, 4.69) is 10.3 Å². The Balaban J connectivity index is 2.38. The van der Waals surface area contributed by atoms with E-state index in [0.29, 0.717) is 11.3 Å². The molecule has 0 spiro atoms. The molecule has 0 aliphatic carbocycles. The van der Waals surface area contributed by atoms with E-state index in [1.165, 1.54) is 0 Å². The monoisotopic (exact) mass is 200 g/mol. The number of carbonyl (C=O) groups excluding carboxylic acids is 1. The summed E-state index contributed by atoms with van der Waals surface area (Å²) in [4.78, 5) is 15.5. The van der Waals surface area contributed by atoms with E-state index in [0.717, 1.165) is 10.9 Å². The number of rotatable bonds is 0. The molecule has 4 nitrogen and oxygen atoms in total. The van der Waals surface area contributed by atoms with Crippen LogP contribution in [0.25, 0.3) is 10.9 Å². The van der Waals surface area contributed by atoms with Crippen molar-refractivity contribution in [3.05, 3.63) is 36.0 Å². The molecule has 1 amide bonds. The molecule has 0 saturated heterocycles. The van der Waals surface area contributed by atoms with Crippen molar-refractivity contribution < 1.29 is 9.90 Å². The van der Waals surface area contributed by atoms with E-state index in [4.69, 9.17) is 0 Å². The SMILES string of the molecule is O=C1Nc2c(ccc3ncccc23)C1O. The van der Waals surface area contributed by atoms with Crippen LogP contribution >= 0.6 is 0 Å². The van der Waals surface area contributed by atoms with Crippen LogP contribution in [0.2, 0.25) is 0 Å². The number of amides is 1. The van der Waals surface area contributed by atoms with Gasteiger partial charge in [-0.2, -0.15) is 0 Å². The zero-order chi connectivity index (χ0) is 10.4. The molecule has 4 heteroatoms. The van der Waals surface area contributed by atoms with Crippen LogP contribution in [-0.4, -0.2) is 16.0 Å². The van der Waals surface area contributed by atoms with Gasteiger partial charge in [0.1, 0.15) is 0 Å². The summed E-state index contributed by atoms with van der Waals surface area (Å²) >= 11 is 0. The van der Waals surface area contributed by atoms with Crippen molar-refractivity contribution >= 4 is 22.5 Å². The average molecular weight is 200 g/mol. The van der Waals surface area contributed by atoms with Gasteiger partial charge < -0.3 is 10.4 Å². The zero-order valence-corrected chi connectivity index (χ0v) is 7.77. The maximum absolute atomic E-state index is 11.3. The summed E-state index contributed by atoms with van der Waals surface area (Å²) < 4.78 is 0. The van der Waals surface area contributed by atoms with Gasteiger partial charge in [-0.15, -0.1) is 0 Å². The zero-order valence-electron chi connectivity index (χ0n) is 7.77. The molecule has 1 aromatic heterocycles. The highest BCUT2D eigenvalue weighted by atomic mass is 16.3. The molecule has 15 heavy (non-hydrogen) atoms. The minimum absolute atomic E-state index is 0.374. The summed E-state index contributed by atoms with van der Waals surface area (Å²) in [7, 11) is 0. The lowest BCUT2D eigenvalue weighted by atomic mass is 10.1. The van der Waals surface area contributed by atoms with Crippen molar-refractivity contribution in [2.45, 2.75) is 6.10 Å². The lowest BCUT2D eigenvalue weighted by Crippen LogP contribution is -2.10. The molecule has 2 heterocycles. The fourth-order valence-corrected chi connectivity index (χ4v) is 1.87. The maximum atomic E-state index is 11.3. The first-order valence-corrected chi connectivity index (χ1v) is 4.64. The summed E-state index contributed by atoms with van der Waals surface area (Å²) in [5.41, 5.74) is 2.12. The summed E-state index contributed by atoms with van der Waals surface area (Å²) in [5, 5.41) is 13.1. The predicted octanol–water partition coefficient (Wildman–Crippen LogP) is 1.22. The van der Waals surface area contributed by atoms with Crippen molar-refractivity contribution in [2.75, 3.05) is 5.32 Å². The Morgan fingerprint density at radius 1 is 1.33 bits per heavy atom. The molecule has 3 rings (SSSR count). The number of fused-ring (bicyclic) bond motifs is 3. The van der Waals surface area contributed by atoms with Crippen LogP contribution in [0.5, 0.6) is 0 Å². The Morgan fingerprint density at radius 2 is 2.20 bits per heavy atom. The van der Waals surface area contributed by atoms with Gasteiger partial charge in [-0.05, 0) is 18.2 Å². The third-order valence-corrected chi connectivity index (χ3v) is 2.61. The number of nitrogens with one attached hydrogen (secondary N) is 1. The van der Waals surface area contributed by atoms with E-state index in [-0.39, 0.29) is 5.91 Å². The smallest absolute Gasteiger partial charge is 0.257 e. The van der Waals surface area contributed by atoms with Crippen molar-refractivity contribution in [2.24, 2.45) is 0 Å². The number of pyridine rings is 1. The number of aliphatic hydroxyl groups excluding tert-OH is 1. The molecule has 1 atom stereocenters. The molecule has 1 unspecified atom stereocenters. The second-order valence-corrected chi connectivity index (χ2v) is 3.49. The lowest BCUT2D eigenvalue weighted by Gasteiger charge is -2.03. The summed E-state index contributed by atoms with van der Waals surface area (Å²) in [5.74, 6) is -0.374. The average Bonchev–Trinajstić information content (AvgIpc) is 2.56. The Morgan fingerprint density at radius 3 is 3.07 bits per heavy atom. The van der Waals surface area contributed by atoms with Gasteiger partial charge in [0.2, 0.25) is 0 Å². The molecular weight excluding hydrogens is 192 g/mol. The van der Waals surface area contributed by atoms with Crippen LogP contribution in [0, 0.1) is 0 Å². The number of aliphatic hydroxyl groups is 1. The Kier molecular flexibility index (Phi) is 1.55. The van der Waals surface area contributed by atoms with Crippen molar-refractivity contribution in [3.8, 4) is 0 Å². The molecule has 0 fully saturated rings. The Bertz CT molecular complexity index is 566. The van der Waals surface area contributed by atoms with Crippen LogP contribution in [0.1, 0.15) is 11.7 Å². The normalized spacial score (nSPS) is 19.0. The summed E-state index contributed by atoms with van der Waals surface area (Å²) in [6.07, 6.45) is 0.645. The third-order valence-electron chi connectivity index (χ3n) is 2.61. The van der Waals surface area contributed by atoms with E-state index in [1.54, 1.807) is 24.4 Å². The number of hydrogen-bond acceptors (Lipinski definition) is 3. The van der Waals surface area contributed by atoms with Gasteiger partial charge in [0.05, 0.1) is 11.2 Å². The number of aromatic nitrogens is 1. The number of anilines is 1. The summed E-state index contributed by atoms with van der Waals surface area (Å²) in [6, 6.07) is 7.21. The molecule has 1 aromatic carbocycles. The van der Waals surface area contributed by atoms with Crippen LogP contribution in [0.3, 0.4) is 0 Å². The first kappa shape index (κ1) is 8.38. The molecule has 0 saturated carbocycles. The van der Waals surface area contributed by atoms with Crippen molar-refractivity contribution in [1.82, 2.24) is 4.98 Å². The number of nitrogens with zero attached hydrogens (tertiary/aromatic N) is 1. The maximum Gasteiger partial charge on any atom is 0.257 e. The molecule has 0 bridgehead atoms. The van der Waals surface area contributed by atoms with Gasteiger partial charge in [-0.3, -0.25) is 9.78 Å². The van der Waals surface area contributed by atoms with E-state index in [1.807, 2.05) is 6.07 Å². The fourth-order valence-electron chi connectivity index (χ4n) is 1.87. The molecule has 0 radical (unpaired) electrons. The van der Waals surface area contributed by atoms with E-state index >= 15 is 0 Å². The molecule has 1 aliphatic rings. The standard InChI is InChI=1S/C11H8N2O2/c14-10-7-3-4-8-6(2-1-5-12-8)9(7)13-11(10)15/h1-5,10,14H,(H,13,15). The molecule has 2 N–H and O–H groups in total. The first-order chi connectivity index (χ1) is 7.27. The van der Waals surface area contributed by atoms with Gasteiger partial charge >= 0.3 is 0 Å². The van der Waals surface area contributed by atoms with Crippen molar-refractivity contribution in [3.63, 3.8) is 0 Å². The summed E-state index contributed by atoms with van der Waals surface area (Å²) in [6.45, 7) is 0. The second kappa shape index (κ2) is 2.77. The van der Waals surface area contributed by atoms with Gasteiger partial charge in [-0.1, -0.05) is 6.07 Å². The van der Waals surface area contributed by atoms with Crippen LogP contribution in [0.15, 0.2) is 30.5 Å². The number of carbonyl (C=O) groups is 1. The van der Waals surface area contributed by atoms with Gasteiger partial charge in [0.15, 0.2) is 6.10 Å². The largest absolute Gasteiger partial charge is 0.378 e.